The van der Waals surface area contributed by atoms with Crippen molar-refractivity contribution < 1.29 is 19.4 Å². The van der Waals surface area contributed by atoms with Gasteiger partial charge in [-0.1, -0.05) is 24.8 Å². The lowest BCUT2D eigenvalue weighted by molar-refractivity contribution is -0.394. The number of carbonyl (C=O) groups is 1. The number of fused-ring (bicyclic) bond motifs is 1. The molecular formula is C16H12N2O6. The molecule has 24 heavy (non-hydrogen) atoms. The van der Waals surface area contributed by atoms with Gasteiger partial charge in [0.25, 0.3) is 11.4 Å². The number of rotatable bonds is 4. The molecular weight excluding hydrogens is 316 g/mol. The molecule has 0 heterocycles. The number of benzene rings is 2. The van der Waals surface area contributed by atoms with Crippen LogP contribution in [-0.2, 0) is 4.79 Å². The third-order valence-electron chi connectivity index (χ3n) is 2.97. The van der Waals surface area contributed by atoms with Crippen molar-refractivity contribution in [1.29, 1.82) is 0 Å². The van der Waals surface area contributed by atoms with Gasteiger partial charge in [0.15, 0.2) is 0 Å². The number of hydrogen-bond donors (Lipinski definition) is 0. The van der Waals surface area contributed by atoms with E-state index in [1.54, 1.807) is 0 Å². The Morgan fingerprint density at radius 2 is 1.50 bits per heavy atom. The highest BCUT2D eigenvalue weighted by molar-refractivity contribution is 5.89. The van der Waals surface area contributed by atoms with Crippen LogP contribution in [0.4, 0.5) is 11.4 Å². The van der Waals surface area contributed by atoms with Crippen molar-refractivity contribution in [1.82, 2.24) is 0 Å². The largest absolute Gasteiger partial charge is 0.423 e. The van der Waals surface area contributed by atoms with E-state index in [4.69, 9.17) is 4.74 Å². The molecule has 0 bridgehead atoms. The van der Waals surface area contributed by atoms with E-state index in [0.717, 1.165) is 18.2 Å². The van der Waals surface area contributed by atoms with Crippen LogP contribution >= 0.6 is 0 Å². The molecule has 1 aromatic rings. The van der Waals surface area contributed by atoms with Gasteiger partial charge in [0.05, 0.1) is 28.0 Å². The average molecular weight is 328 g/mol. The van der Waals surface area contributed by atoms with E-state index in [0.29, 0.717) is 0 Å². The second-order valence-electron chi connectivity index (χ2n) is 4.95. The maximum Gasteiger partial charge on any atom is 0.338 e. The highest BCUT2D eigenvalue weighted by Gasteiger charge is 2.18. The topological polar surface area (TPSA) is 113 Å². The number of carbonyl (C=O) groups excluding carboxylic acids is 1. The smallest absolute Gasteiger partial charge is 0.338 e. The fraction of sp³-hybridized carbons (Fsp3) is 0.0625. The molecule has 0 atom stereocenters. The van der Waals surface area contributed by atoms with Gasteiger partial charge >= 0.3 is 5.97 Å². The van der Waals surface area contributed by atoms with Crippen LogP contribution < -0.4 is 4.74 Å². The molecule has 2 aliphatic rings. The Kier molecular flexibility index (Phi) is 4.69. The van der Waals surface area contributed by atoms with Crippen molar-refractivity contribution in [2.75, 3.05) is 0 Å². The Balaban J connectivity index is 0.000000282. The number of hydrogen-bond acceptors (Lipinski definition) is 6. The second kappa shape index (κ2) is 6.69. The van der Waals surface area contributed by atoms with Gasteiger partial charge in [-0.3, -0.25) is 20.2 Å². The van der Waals surface area contributed by atoms with Crippen molar-refractivity contribution in [2.45, 2.75) is 6.92 Å². The summed E-state index contributed by atoms with van der Waals surface area (Å²) in [6.45, 7) is 4.71. The minimum Gasteiger partial charge on any atom is -0.423 e. The Morgan fingerprint density at radius 3 is 1.79 bits per heavy atom. The highest BCUT2D eigenvalue weighted by Crippen LogP contribution is 2.32. The zero-order valence-corrected chi connectivity index (χ0v) is 12.6. The zero-order valence-electron chi connectivity index (χ0n) is 12.6. The van der Waals surface area contributed by atoms with Gasteiger partial charge in [-0.25, -0.2) is 4.79 Å². The summed E-state index contributed by atoms with van der Waals surface area (Å²) in [7, 11) is 0. The molecule has 0 saturated heterocycles. The van der Waals surface area contributed by atoms with E-state index in [2.05, 4.69) is 30.8 Å². The van der Waals surface area contributed by atoms with Crippen LogP contribution in [0.1, 0.15) is 6.92 Å². The molecule has 0 saturated carbocycles. The summed E-state index contributed by atoms with van der Waals surface area (Å²) in [4.78, 5) is 30.7. The van der Waals surface area contributed by atoms with Crippen LogP contribution in [0.3, 0.4) is 0 Å². The van der Waals surface area contributed by atoms with E-state index in [9.17, 15) is 25.0 Å². The second-order valence-corrected chi connectivity index (χ2v) is 4.95. The van der Waals surface area contributed by atoms with Gasteiger partial charge in [0.1, 0.15) is 5.75 Å². The molecule has 0 spiro atoms. The monoisotopic (exact) mass is 328 g/mol. The van der Waals surface area contributed by atoms with Crippen LogP contribution in [0.5, 0.6) is 5.75 Å². The molecule has 122 valence electrons. The summed E-state index contributed by atoms with van der Waals surface area (Å²) in [5, 5.41) is 21.1. The summed E-state index contributed by atoms with van der Waals surface area (Å²) in [5.74, 6) is -1.09. The minimum absolute atomic E-state index is 0.0733. The standard InChI is InChI=1S/C10H8N2O6.C6H4/c1-6(2)10(13)18-9-4-7(11(14)15)3-8(5-9)12(16)17;1-2-5-4-6(5)3-1/h3-5H,1H2,2H3;1-4H. The molecule has 0 fully saturated rings. The lowest BCUT2D eigenvalue weighted by atomic mass is 10.2. The van der Waals surface area contributed by atoms with Crippen LogP contribution in [0, 0.1) is 20.2 Å². The van der Waals surface area contributed by atoms with Crippen molar-refractivity contribution >= 4 is 17.3 Å². The fourth-order valence-corrected chi connectivity index (χ4v) is 1.71. The van der Waals surface area contributed by atoms with Crippen molar-refractivity contribution in [3.63, 3.8) is 0 Å². The molecule has 1 aromatic carbocycles. The van der Waals surface area contributed by atoms with Gasteiger partial charge in [-0.2, -0.15) is 0 Å². The number of esters is 1. The van der Waals surface area contributed by atoms with E-state index in [1.807, 2.05) is 0 Å². The molecule has 0 radical (unpaired) electrons. The quantitative estimate of drug-likeness (QED) is 0.237. The Hall–Kier alpha value is -3.55. The number of nitro groups is 2. The van der Waals surface area contributed by atoms with Crippen LogP contribution in [0.15, 0.2) is 54.6 Å². The summed E-state index contributed by atoms with van der Waals surface area (Å²) in [5.41, 5.74) is 1.86. The van der Waals surface area contributed by atoms with Crippen LogP contribution in [-0.4, -0.2) is 15.8 Å². The molecule has 0 aliphatic heterocycles. The molecule has 3 rings (SSSR count). The highest BCUT2D eigenvalue weighted by atomic mass is 16.6. The van der Waals surface area contributed by atoms with Crippen molar-refractivity contribution in [3.8, 4) is 16.9 Å². The van der Waals surface area contributed by atoms with Gasteiger partial charge in [-0.15, -0.1) is 0 Å². The van der Waals surface area contributed by atoms with Gasteiger partial charge in [0.2, 0.25) is 0 Å². The number of nitro benzene ring substituents is 2. The predicted octanol–water partition coefficient (Wildman–Crippen LogP) is 3.65. The summed E-state index contributed by atoms with van der Waals surface area (Å²) in [6.07, 6.45) is 0. The first-order valence-electron chi connectivity index (χ1n) is 6.70. The first-order valence-corrected chi connectivity index (χ1v) is 6.70. The SMILES string of the molecule is C=C(C)C(=O)Oc1cc([N+](=O)[O-])cc([N+](=O)[O-])c1.c1cc2cc-2c1. The van der Waals surface area contributed by atoms with E-state index < -0.39 is 27.2 Å². The maximum absolute atomic E-state index is 11.2. The molecule has 0 amide bonds. The third kappa shape index (κ3) is 4.23. The lowest BCUT2D eigenvalue weighted by Crippen LogP contribution is -2.08. The third-order valence-corrected chi connectivity index (χ3v) is 2.97. The Labute approximate surface area is 136 Å². The predicted molar refractivity (Wildman–Crippen MR) is 85.6 cm³/mol. The van der Waals surface area contributed by atoms with Gasteiger partial charge < -0.3 is 4.74 Å². The summed E-state index contributed by atoms with van der Waals surface area (Å²) in [6, 6.07) is 11.1. The van der Waals surface area contributed by atoms with Gasteiger partial charge in [-0.05, 0) is 24.1 Å². The number of ether oxygens (including phenoxy) is 1. The first-order chi connectivity index (χ1) is 11.3. The average Bonchev–Trinajstić information content (AvgIpc) is 3.13. The molecule has 8 heteroatoms. The lowest BCUT2D eigenvalue weighted by Gasteiger charge is -2.03. The Morgan fingerprint density at radius 1 is 1.00 bits per heavy atom. The van der Waals surface area contributed by atoms with E-state index >= 15 is 0 Å². The summed E-state index contributed by atoms with van der Waals surface area (Å²) < 4.78 is 4.71. The first kappa shape index (κ1) is 16.8. The minimum atomic E-state index is -0.815. The Bertz CT molecular complexity index is 810. The molecule has 0 aromatic heterocycles. The van der Waals surface area contributed by atoms with E-state index in [1.165, 1.54) is 18.1 Å². The fourth-order valence-electron chi connectivity index (χ4n) is 1.71. The molecule has 8 nitrogen and oxygen atoms in total. The van der Waals surface area contributed by atoms with Crippen molar-refractivity contribution in [2.24, 2.45) is 0 Å². The molecule has 0 N–H and O–H groups in total. The van der Waals surface area contributed by atoms with E-state index in [-0.39, 0.29) is 11.3 Å². The molecule has 2 aliphatic carbocycles. The molecule has 0 unspecified atom stereocenters. The van der Waals surface area contributed by atoms with Crippen LogP contribution in [0.2, 0.25) is 0 Å². The van der Waals surface area contributed by atoms with Gasteiger partial charge in [0, 0.05) is 5.57 Å². The van der Waals surface area contributed by atoms with Crippen molar-refractivity contribution in [3.05, 3.63) is 74.8 Å². The van der Waals surface area contributed by atoms with Crippen LogP contribution in [0.25, 0.3) is 11.1 Å². The summed E-state index contributed by atoms with van der Waals surface area (Å²) >= 11 is 0. The normalized spacial score (nSPS) is 10.0. The zero-order chi connectivity index (χ0) is 17.9. The maximum atomic E-state index is 11.2. The number of non-ortho nitro benzene ring substituents is 2. The number of nitrogens with zero attached hydrogens (tertiary/aromatic N) is 2.